The van der Waals surface area contributed by atoms with Crippen molar-refractivity contribution in [2.75, 3.05) is 14.1 Å². The maximum Gasteiger partial charge on any atom is 0.324 e. The molecule has 1 aliphatic rings. The molecule has 1 saturated carbocycles. The van der Waals surface area contributed by atoms with Gasteiger partial charge in [0.2, 0.25) is 0 Å². The van der Waals surface area contributed by atoms with Gasteiger partial charge in [-0.25, -0.2) is 0 Å². The van der Waals surface area contributed by atoms with Crippen molar-refractivity contribution < 1.29 is 9.90 Å². The molecule has 82 valence electrons. The smallest absolute Gasteiger partial charge is 0.324 e. The molecular weight excluding hydrogens is 178 g/mol. The lowest BCUT2D eigenvalue weighted by atomic mass is 9.85. The zero-order valence-electron chi connectivity index (χ0n) is 9.79. The molecule has 0 bridgehead atoms. The summed E-state index contributed by atoms with van der Waals surface area (Å²) in [6.45, 7) is 6.35. The van der Waals surface area contributed by atoms with Gasteiger partial charge in [0.1, 0.15) is 5.54 Å². The van der Waals surface area contributed by atoms with Gasteiger partial charge in [-0.2, -0.15) is 0 Å². The molecule has 2 atom stereocenters. The Balaban J connectivity index is 3.07. The molecule has 1 N–H and O–H groups in total. The van der Waals surface area contributed by atoms with Crippen LogP contribution in [0.2, 0.25) is 0 Å². The summed E-state index contributed by atoms with van der Waals surface area (Å²) in [6, 6.07) is 0. The fraction of sp³-hybridized carbons (Fsp3) is 0.909. The SMILES string of the molecule is CC1CC(C)(C)CC1(C(=O)O)N(C)C. The summed E-state index contributed by atoms with van der Waals surface area (Å²) in [6.07, 6.45) is 1.72. The van der Waals surface area contributed by atoms with Gasteiger partial charge in [0, 0.05) is 0 Å². The second kappa shape index (κ2) is 3.23. The molecule has 0 aromatic rings. The average Bonchev–Trinajstić information content (AvgIpc) is 2.21. The van der Waals surface area contributed by atoms with Gasteiger partial charge in [-0.3, -0.25) is 9.69 Å². The van der Waals surface area contributed by atoms with Crippen molar-refractivity contribution in [1.29, 1.82) is 0 Å². The summed E-state index contributed by atoms with van der Waals surface area (Å²) >= 11 is 0. The summed E-state index contributed by atoms with van der Waals surface area (Å²) < 4.78 is 0. The van der Waals surface area contributed by atoms with Gasteiger partial charge in [-0.15, -0.1) is 0 Å². The quantitative estimate of drug-likeness (QED) is 0.737. The van der Waals surface area contributed by atoms with E-state index in [9.17, 15) is 9.90 Å². The highest BCUT2D eigenvalue weighted by Gasteiger charge is 2.55. The van der Waals surface area contributed by atoms with Gasteiger partial charge >= 0.3 is 5.97 Å². The number of carboxylic acids is 1. The minimum atomic E-state index is -0.680. The summed E-state index contributed by atoms with van der Waals surface area (Å²) in [5.41, 5.74) is -0.522. The molecular formula is C11H21NO2. The molecule has 3 nitrogen and oxygen atoms in total. The molecule has 1 aliphatic carbocycles. The van der Waals surface area contributed by atoms with E-state index in [1.54, 1.807) is 0 Å². The Hall–Kier alpha value is -0.570. The van der Waals surface area contributed by atoms with Crippen LogP contribution in [-0.2, 0) is 4.79 Å². The first-order valence-electron chi connectivity index (χ1n) is 5.13. The van der Waals surface area contributed by atoms with Crippen molar-refractivity contribution in [2.24, 2.45) is 11.3 Å². The minimum Gasteiger partial charge on any atom is -0.480 e. The van der Waals surface area contributed by atoms with Crippen molar-refractivity contribution in [2.45, 2.75) is 39.2 Å². The van der Waals surface area contributed by atoms with Crippen LogP contribution in [0.4, 0.5) is 0 Å². The molecule has 0 saturated heterocycles. The third-order valence-corrected chi connectivity index (χ3v) is 3.59. The van der Waals surface area contributed by atoms with Gasteiger partial charge in [0.25, 0.3) is 0 Å². The number of likely N-dealkylation sites (N-methyl/N-ethyl adjacent to an activating group) is 1. The number of rotatable bonds is 2. The molecule has 1 rings (SSSR count). The van der Waals surface area contributed by atoms with Gasteiger partial charge in [0.15, 0.2) is 0 Å². The van der Waals surface area contributed by atoms with Crippen molar-refractivity contribution >= 4 is 5.97 Å². The Labute approximate surface area is 86.1 Å². The predicted octanol–water partition coefficient (Wildman–Crippen LogP) is 1.83. The molecule has 2 unspecified atom stereocenters. The molecule has 0 aromatic carbocycles. The Morgan fingerprint density at radius 1 is 1.43 bits per heavy atom. The van der Waals surface area contributed by atoms with Crippen LogP contribution in [0.25, 0.3) is 0 Å². The molecule has 3 heteroatoms. The molecule has 0 radical (unpaired) electrons. The number of hydrogen-bond acceptors (Lipinski definition) is 2. The van der Waals surface area contributed by atoms with Gasteiger partial charge in [-0.05, 0) is 38.3 Å². The Morgan fingerprint density at radius 2 is 1.93 bits per heavy atom. The number of carbonyl (C=O) groups is 1. The third-order valence-electron chi connectivity index (χ3n) is 3.59. The normalized spacial score (nSPS) is 36.3. The highest BCUT2D eigenvalue weighted by Crippen LogP contribution is 2.49. The zero-order chi connectivity index (χ0) is 11.1. The fourth-order valence-corrected chi connectivity index (χ4v) is 3.05. The number of hydrogen-bond donors (Lipinski definition) is 1. The van der Waals surface area contributed by atoms with Crippen LogP contribution in [0, 0.1) is 11.3 Å². The summed E-state index contributed by atoms with van der Waals surface area (Å²) in [7, 11) is 3.73. The molecule has 0 amide bonds. The lowest BCUT2D eigenvalue weighted by Crippen LogP contribution is -2.53. The van der Waals surface area contributed by atoms with E-state index in [-0.39, 0.29) is 11.3 Å². The number of nitrogens with zero attached hydrogens (tertiary/aromatic N) is 1. The highest BCUT2D eigenvalue weighted by atomic mass is 16.4. The maximum absolute atomic E-state index is 11.4. The molecule has 14 heavy (non-hydrogen) atoms. The van der Waals surface area contributed by atoms with Crippen molar-refractivity contribution in [3.8, 4) is 0 Å². The molecule has 0 aromatic heterocycles. The van der Waals surface area contributed by atoms with E-state index >= 15 is 0 Å². The van der Waals surface area contributed by atoms with Crippen molar-refractivity contribution in [3.05, 3.63) is 0 Å². The highest BCUT2D eigenvalue weighted by molar-refractivity contribution is 5.80. The van der Waals surface area contributed by atoms with Crippen LogP contribution >= 0.6 is 0 Å². The Morgan fingerprint density at radius 3 is 2.07 bits per heavy atom. The first-order chi connectivity index (χ1) is 6.22. The lowest BCUT2D eigenvalue weighted by molar-refractivity contribution is -0.152. The van der Waals surface area contributed by atoms with Crippen LogP contribution in [-0.4, -0.2) is 35.6 Å². The van der Waals surface area contributed by atoms with E-state index in [0.29, 0.717) is 0 Å². The molecule has 1 fully saturated rings. The van der Waals surface area contributed by atoms with Crippen LogP contribution in [0.3, 0.4) is 0 Å². The van der Waals surface area contributed by atoms with Gasteiger partial charge in [0.05, 0.1) is 0 Å². The largest absolute Gasteiger partial charge is 0.480 e. The maximum atomic E-state index is 11.4. The molecule has 0 heterocycles. The molecule has 0 aliphatic heterocycles. The van der Waals surface area contributed by atoms with E-state index < -0.39 is 11.5 Å². The topological polar surface area (TPSA) is 40.5 Å². The first-order valence-corrected chi connectivity index (χ1v) is 5.13. The van der Waals surface area contributed by atoms with E-state index in [1.807, 2.05) is 25.9 Å². The standard InChI is InChI=1S/C11H21NO2/c1-8-6-10(2,3)7-11(8,9(13)14)12(4)5/h8H,6-7H2,1-5H3,(H,13,14). The van der Waals surface area contributed by atoms with Gasteiger partial charge < -0.3 is 5.11 Å². The second-order valence-electron chi connectivity index (χ2n) is 5.57. The summed E-state index contributed by atoms with van der Waals surface area (Å²) in [4.78, 5) is 13.3. The predicted molar refractivity (Wildman–Crippen MR) is 56.2 cm³/mol. The minimum absolute atomic E-state index is 0.141. The van der Waals surface area contributed by atoms with Crippen molar-refractivity contribution in [3.63, 3.8) is 0 Å². The Kier molecular flexibility index (Phi) is 2.65. The monoisotopic (exact) mass is 199 g/mol. The molecule has 0 spiro atoms. The van der Waals surface area contributed by atoms with Crippen LogP contribution in [0.15, 0.2) is 0 Å². The summed E-state index contributed by atoms with van der Waals surface area (Å²) in [5.74, 6) is -0.467. The van der Waals surface area contributed by atoms with Crippen LogP contribution in [0.1, 0.15) is 33.6 Å². The first kappa shape index (κ1) is 11.5. The number of aliphatic carboxylic acids is 1. The fourth-order valence-electron chi connectivity index (χ4n) is 3.05. The lowest BCUT2D eigenvalue weighted by Gasteiger charge is -2.36. The van der Waals surface area contributed by atoms with Crippen LogP contribution < -0.4 is 0 Å². The number of carboxylic acid groups (broad SMARTS) is 1. The van der Waals surface area contributed by atoms with E-state index in [2.05, 4.69) is 13.8 Å². The zero-order valence-corrected chi connectivity index (χ0v) is 9.79. The average molecular weight is 199 g/mol. The van der Waals surface area contributed by atoms with E-state index in [0.717, 1.165) is 12.8 Å². The van der Waals surface area contributed by atoms with E-state index in [4.69, 9.17) is 0 Å². The van der Waals surface area contributed by atoms with Crippen LogP contribution in [0.5, 0.6) is 0 Å². The Bertz CT molecular complexity index is 248. The second-order valence-corrected chi connectivity index (χ2v) is 5.57. The van der Waals surface area contributed by atoms with Crippen molar-refractivity contribution in [1.82, 2.24) is 4.90 Å². The van der Waals surface area contributed by atoms with E-state index in [1.165, 1.54) is 0 Å². The third kappa shape index (κ3) is 1.54. The summed E-state index contributed by atoms with van der Waals surface area (Å²) in [5, 5.41) is 9.40. The van der Waals surface area contributed by atoms with Gasteiger partial charge in [-0.1, -0.05) is 20.8 Å².